The largest absolute Gasteiger partial charge is 0.435 e. The van der Waals surface area contributed by atoms with Crippen LogP contribution in [0.2, 0.25) is 0 Å². The molecule has 11 aromatic rings. The van der Waals surface area contributed by atoms with E-state index in [0.717, 1.165) is 55.9 Å². The fourth-order valence-corrected chi connectivity index (χ4v) is 8.39. The van der Waals surface area contributed by atoms with Crippen LogP contribution in [0.1, 0.15) is 0 Å². The Morgan fingerprint density at radius 2 is 1.05 bits per heavy atom. The van der Waals surface area contributed by atoms with E-state index < -0.39 is 0 Å². The Morgan fingerprint density at radius 1 is 0.436 bits per heavy atom. The lowest BCUT2D eigenvalue weighted by Crippen LogP contribution is -2.12. The predicted octanol–water partition coefficient (Wildman–Crippen LogP) is 14.0. The zero-order valence-electron chi connectivity index (χ0n) is 29.8. The maximum Gasteiger partial charge on any atom is 0.227 e. The molecule has 0 saturated heterocycles. The normalized spacial score (nSPS) is 11.6. The van der Waals surface area contributed by atoms with Crippen LogP contribution >= 0.6 is 0 Å². The summed E-state index contributed by atoms with van der Waals surface area (Å²) in [6, 6.07) is 71.0. The topological polar surface area (TPSA) is 34.2 Å². The lowest BCUT2D eigenvalue weighted by Gasteiger charge is -2.30. The molecule has 0 radical (unpaired) electrons. The Bertz CT molecular complexity index is 3210. The SMILES string of the molecule is c1ccc(-c2nc3cccc(-c4ccccc4N(c4cccc5ccccc45)c4cc5c6ccccc6n(-c6ccccc6)c5c5ccccc45)c3o2)cc1. The first-order valence-electron chi connectivity index (χ1n) is 18.6. The van der Waals surface area contributed by atoms with E-state index in [1.54, 1.807) is 0 Å². The predicted molar refractivity (Wildman–Crippen MR) is 229 cm³/mol. The highest BCUT2D eigenvalue weighted by molar-refractivity contribution is 6.23. The van der Waals surface area contributed by atoms with Gasteiger partial charge in [-0.1, -0.05) is 146 Å². The first-order chi connectivity index (χ1) is 27.3. The van der Waals surface area contributed by atoms with Gasteiger partial charge in [-0.15, -0.1) is 0 Å². The molecule has 0 saturated carbocycles. The van der Waals surface area contributed by atoms with E-state index in [1.807, 2.05) is 36.4 Å². The summed E-state index contributed by atoms with van der Waals surface area (Å²) < 4.78 is 9.06. The molecule has 4 nitrogen and oxygen atoms in total. The fraction of sp³-hybridized carbons (Fsp3) is 0. The van der Waals surface area contributed by atoms with Crippen LogP contribution in [0.3, 0.4) is 0 Å². The van der Waals surface area contributed by atoms with E-state index in [-0.39, 0.29) is 0 Å². The Hall–Kier alpha value is -7.43. The van der Waals surface area contributed by atoms with Gasteiger partial charge in [-0.2, -0.15) is 0 Å². The van der Waals surface area contributed by atoms with E-state index in [4.69, 9.17) is 9.40 Å². The van der Waals surface area contributed by atoms with Crippen LogP contribution in [-0.2, 0) is 0 Å². The summed E-state index contributed by atoms with van der Waals surface area (Å²) in [4.78, 5) is 7.41. The van der Waals surface area contributed by atoms with E-state index >= 15 is 0 Å². The number of anilines is 3. The second-order valence-corrected chi connectivity index (χ2v) is 13.9. The van der Waals surface area contributed by atoms with E-state index in [0.29, 0.717) is 5.89 Å². The molecule has 0 aliphatic heterocycles. The third-order valence-corrected chi connectivity index (χ3v) is 10.8. The minimum atomic E-state index is 0.609. The lowest BCUT2D eigenvalue weighted by atomic mass is 9.97. The quantitative estimate of drug-likeness (QED) is 0.173. The number of para-hydroxylation sites is 4. The second-order valence-electron chi connectivity index (χ2n) is 13.9. The maximum atomic E-state index is 6.64. The molecule has 2 aromatic heterocycles. The molecule has 0 amide bonds. The molecular formula is C51H33N3O. The summed E-state index contributed by atoms with van der Waals surface area (Å²) in [5.41, 5.74) is 11.3. The monoisotopic (exact) mass is 703 g/mol. The number of benzene rings is 9. The van der Waals surface area contributed by atoms with Crippen molar-refractivity contribution >= 4 is 71.5 Å². The van der Waals surface area contributed by atoms with Gasteiger partial charge in [-0.05, 0) is 60.0 Å². The average Bonchev–Trinajstić information content (AvgIpc) is 3.85. The van der Waals surface area contributed by atoms with Gasteiger partial charge in [0.2, 0.25) is 5.89 Å². The summed E-state index contributed by atoms with van der Waals surface area (Å²) in [5.74, 6) is 0.609. The van der Waals surface area contributed by atoms with Gasteiger partial charge in [0.25, 0.3) is 0 Å². The molecule has 0 aliphatic rings. The van der Waals surface area contributed by atoms with Crippen molar-refractivity contribution in [2.24, 2.45) is 0 Å². The third kappa shape index (κ3) is 4.96. The van der Waals surface area contributed by atoms with Crippen molar-refractivity contribution in [1.29, 1.82) is 0 Å². The highest BCUT2D eigenvalue weighted by Crippen LogP contribution is 2.49. The third-order valence-electron chi connectivity index (χ3n) is 10.8. The number of hydrogen-bond donors (Lipinski definition) is 0. The molecule has 258 valence electrons. The smallest absolute Gasteiger partial charge is 0.227 e. The number of rotatable bonds is 6. The van der Waals surface area contributed by atoms with Gasteiger partial charge in [0.1, 0.15) is 5.52 Å². The summed E-state index contributed by atoms with van der Waals surface area (Å²) in [5, 5.41) is 7.09. The lowest BCUT2D eigenvalue weighted by molar-refractivity contribution is 0.621. The molecule has 55 heavy (non-hydrogen) atoms. The van der Waals surface area contributed by atoms with Crippen LogP contribution in [0, 0.1) is 0 Å². The van der Waals surface area contributed by atoms with Crippen LogP contribution in [-0.4, -0.2) is 9.55 Å². The van der Waals surface area contributed by atoms with Gasteiger partial charge >= 0.3 is 0 Å². The molecule has 0 spiro atoms. The van der Waals surface area contributed by atoms with E-state index in [1.165, 1.54) is 38.0 Å². The number of nitrogens with zero attached hydrogens (tertiary/aromatic N) is 3. The van der Waals surface area contributed by atoms with E-state index in [9.17, 15) is 0 Å². The standard InChI is InChI=1S/C51H33N3O/c1-3-18-35(19-4-1)51-52-44-29-16-28-42(50(44)55-51)39-25-11-14-31-47(39)54(45-32-15-20-34-17-7-8-23-37(34)45)48-33-43-40-26-12-13-30-46(40)53(36-21-5-2-6-22-36)49(43)41-27-10-9-24-38(41)48/h1-33H. The summed E-state index contributed by atoms with van der Waals surface area (Å²) in [7, 11) is 0. The highest BCUT2D eigenvalue weighted by Gasteiger charge is 2.25. The molecule has 11 rings (SSSR count). The molecule has 0 fully saturated rings. The average molecular weight is 704 g/mol. The van der Waals surface area contributed by atoms with Crippen molar-refractivity contribution in [2.75, 3.05) is 4.90 Å². The van der Waals surface area contributed by atoms with E-state index in [2.05, 4.69) is 173 Å². The van der Waals surface area contributed by atoms with Crippen molar-refractivity contribution in [3.8, 4) is 28.3 Å². The van der Waals surface area contributed by atoms with Gasteiger partial charge in [0.15, 0.2) is 5.58 Å². The Kier molecular flexibility index (Phi) is 7.14. The molecule has 0 bridgehead atoms. The van der Waals surface area contributed by atoms with Crippen LogP contribution in [0.25, 0.3) is 82.7 Å². The second kappa shape index (κ2) is 12.6. The minimum Gasteiger partial charge on any atom is -0.435 e. The first kappa shape index (κ1) is 31.1. The minimum absolute atomic E-state index is 0.609. The first-order valence-corrected chi connectivity index (χ1v) is 18.6. The Morgan fingerprint density at radius 3 is 1.91 bits per heavy atom. The van der Waals surface area contributed by atoms with Gasteiger partial charge in [0.05, 0.1) is 28.1 Å². The number of hydrogen-bond acceptors (Lipinski definition) is 3. The van der Waals surface area contributed by atoms with Crippen molar-refractivity contribution in [3.63, 3.8) is 0 Å². The summed E-state index contributed by atoms with van der Waals surface area (Å²) in [6.07, 6.45) is 0. The summed E-state index contributed by atoms with van der Waals surface area (Å²) >= 11 is 0. The van der Waals surface area contributed by atoms with Crippen molar-refractivity contribution < 1.29 is 4.42 Å². The zero-order chi connectivity index (χ0) is 36.3. The number of aromatic nitrogens is 2. The molecule has 0 aliphatic carbocycles. The zero-order valence-corrected chi connectivity index (χ0v) is 29.8. The highest BCUT2D eigenvalue weighted by atomic mass is 16.3. The number of fused-ring (bicyclic) bond motifs is 7. The van der Waals surface area contributed by atoms with Crippen molar-refractivity contribution in [3.05, 3.63) is 200 Å². The van der Waals surface area contributed by atoms with Gasteiger partial charge in [0, 0.05) is 49.3 Å². The van der Waals surface area contributed by atoms with Gasteiger partial charge in [-0.3, -0.25) is 0 Å². The Labute approximate surface area is 317 Å². The maximum absolute atomic E-state index is 6.64. The molecular weight excluding hydrogens is 671 g/mol. The van der Waals surface area contributed by atoms with Gasteiger partial charge < -0.3 is 13.9 Å². The van der Waals surface area contributed by atoms with Gasteiger partial charge in [-0.25, -0.2) is 4.98 Å². The molecule has 4 heteroatoms. The molecule has 0 atom stereocenters. The summed E-state index contributed by atoms with van der Waals surface area (Å²) in [6.45, 7) is 0. The van der Waals surface area contributed by atoms with Crippen LogP contribution in [0.4, 0.5) is 17.1 Å². The van der Waals surface area contributed by atoms with Crippen LogP contribution in [0.5, 0.6) is 0 Å². The fourth-order valence-electron chi connectivity index (χ4n) is 8.39. The van der Waals surface area contributed by atoms with Crippen LogP contribution in [0.15, 0.2) is 205 Å². The molecule has 0 N–H and O–H groups in total. The molecule has 2 heterocycles. The Balaban J connectivity index is 1.25. The van der Waals surface area contributed by atoms with Crippen molar-refractivity contribution in [2.45, 2.75) is 0 Å². The molecule has 0 unspecified atom stereocenters. The van der Waals surface area contributed by atoms with Crippen molar-refractivity contribution in [1.82, 2.24) is 9.55 Å². The molecule has 9 aromatic carbocycles. The van der Waals surface area contributed by atoms with Crippen LogP contribution < -0.4 is 4.90 Å². The number of oxazole rings is 1.